The van der Waals surface area contributed by atoms with Crippen LogP contribution in [0.15, 0.2) is 138 Å². The number of nitriles is 1. The van der Waals surface area contributed by atoms with E-state index in [1.165, 1.54) is 53.1 Å². The fourth-order valence-electron chi connectivity index (χ4n) is 8.86. The van der Waals surface area contributed by atoms with Crippen LogP contribution in [0.5, 0.6) is 11.5 Å². The molecule has 4 N–H and O–H groups in total. The monoisotopic (exact) mass is 1130 g/mol. The number of nitrogens with one attached hydrogen (secondary N) is 2. The third-order valence-electron chi connectivity index (χ3n) is 12.2. The number of likely N-dealkylation sites (N-methyl/N-ethyl adjacent to an activating group) is 2. The number of carbonyl (C=O) groups is 4. The number of hydrogen-bond acceptors (Lipinski definition) is 13. The smallest absolute Gasteiger partial charge is 0.406 e. The number of halogens is 6. The van der Waals surface area contributed by atoms with E-state index in [4.69, 9.17) is 23.2 Å². The fourth-order valence-corrected chi connectivity index (χ4v) is 9.21. The molecule has 8 aromatic rings. The van der Waals surface area contributed by atoms with Crippen LogP contribution in [0.25, 0.3) is 43.1 Å². The highest BCUT2D eigenvalue weighted by Crippen LogP contribution is 2.40. The van der Waals surface area contributed by atoms with E-state index in [-0.39, 0.29) is 46.8 Å². The van der Waals surface area contributed by atoms with Crippen molar-refractivity contribution < 1.29 is 55.0 Å². The summed E-state index contributed by atoms with van der Waals surface area (Å²) in [5, 5.41) is 19.5. The van der Waals surface area contributed by atoms with Crippen molar-refractivity contribution in [3.8, 4) is 17.6 Å². The van der Waals surface area contributed by atoms with Crippen molar-refractivity contribution in [1.82, 2.24) is 19.6 Å². The summed E-state index contributed by atoms with van der Waals surface area (Å²) in [5.41, 5.74) is 10.1. The van der Waals surface area contributed by atoms with Gasteiger partial charge in [0.1, 0.15) is 11.5 Å². The number of fused-ring (bicyclic) bond motifs is 4. The summed E-state index contributed by atoms with van der Waals surface area (Å²) in [6, 6.07) is 37.9. The van der Waals surface area contributed by atoms with Crippen molar-refractivity contribution in [1.29, 1.82) is 5.26 Å². The number of imide groups is 2. The topological polar surface area (TPSA) is 186 Å². The molecule has 15 nitrogen and oxygen atoms in total. The standard InChI is InChI=1S/C28H23F3N4O3S.C20H19N3O2.C7H4F3NOS.C2H3N/c1-34(2)13-14-35-25(36)20-7-3-5-16-15-17-6-4-8-21(23(17)24(22(16)20)26(35)37)33-27(39)32-18-9-11-19(12-10-18)38-28(29,30)31;1-22(2)9-10-23-19(24)14-7-3-5-12-11-13-6-4-8-15(21)17(13)18(16(12)14)20(23)25;8-7(9,10)12-6-3-1-5(11-13)2-4-6;1-2-3/h3-12,15H,13-14H2,1-2H3,(H2,32,33,39);3-8,11H,9-10,21H2,1-2H3;1-4H;1H3. The maximum Gasteiger partial charge on any atom is 0.573 e. The molecule has 23 heteroatoms. The number of alkyl halides is 6. The summed E-state index contributed by atoms with van der Waals surface area (Å²) in [7, 11) is 7.58. The zero-order valence-electron chi connectivity index (χ0n) is 43.3. The van der Waals surface area contributed by atoms with Gasteiger partial charge in [0.15, 0.2) is 5.11 Å². The average Bonchev–Trinajstić information content (AvgIpc) is 3.39. The molecule has 10 rings (SSSR count). The van der Waals surface area contributed by atoms with Gasteiger partial charge in [-0.1, -0.05) is 48.5 Å². The molecular weight excluding hydrogens is 1080 g/mol. The molecule has 412 valence electrons. The quantitative estimate of drug-likeness (QED) is 0.0365. The SMILES string of the molecule is CC#N.CN(C)CCN1C(=O)c2cccc3cc4cccc(N)c4c(c23)C1=O.CN(C)CCN1C(=O)c2cccc3cc4cccc(NC(=S)Nc5ccc(OC(F)(F)F)cc5)c4c(c23)C1=O.FC(F)(F)Oc1ccc(N=S)cc1. The van der Waals surface area contributed by atoms with E-state index in [0.29, 0.717) is 80.8 Å². The number of carbonyl (C=O) groups excluding carboxylic acids is 4. The zero-order valence-corrected chi connectivity index (χ0v) is 45.0. The minimum atomic E-state index is -4.78. The molecule has 2 aliphatic rings. The number of nitrogen functional groups attached to an aromatic ring is 1. The number of ether oxygens (including phenoxy) is 2. The van der Waals surface area contributed by atoms with Crippen molar-refractivity contribution in [2.75, 3.05) is 70.7 Å². The molecule has 2 heterocycles. The van der Waals surface area contributed by atoms with Crippen molar-refractivity contribution in [2.45, 2.75) is 19.6 Å². The minimum Gasteiger partial charge on any atom is -0.406 e. The van der Waals surface area contributed by atoms with Gasteiger partial charge >= 0.3 is 12.7 Å². The van der Waals surface area contributed by atoms with Crippen molar-refractivity contribution in [2.24, 2.45) is 4.36 Å². The number of anilines is 3. The fraction of sp³-hybridized carbons (Fsp3) is 0.193. The molecule has 4 amide bonds. The molecule has 0 aliphatic carbocycles. The second-order valence-electron chi connectivity index (χ2n) is 18.3. The first-order valence-electron chi connectivity index (χ1n) is 24.1. The van der Waals surface area contributed by atoms with Gasteiger partial charge in [-0.25, -0.2) is 0 Å². The number of hydrogen-bond donors (Lipinski definition) is 3. The number of rotatable bonds is 11. The molecule has 0 spiro atoms. The highest BCUT2D eigenvalue weighted by Gasteiger charge is 2.37. The Morgan fingerprint density at radius 3 is 1.44 bits per heavy atom. The highest BCUT2D eigenvalue weighted by atomic mass is 32.1. The van der Waals surface area contributed by atoms with E-state index >= 15 is 0 Å². The lowest BCUT2D eigenvalue weighted by Crippen LogP contribution is -2.43. The second kappa shape index (κ2) is 24.9. The van der Waals surface area contributed by atoms with Crippen molar-refractivity contribution in [3.63, 3.8) is 0 Å². The van der Waals surface area contributed by atoms with Crippen molar-refractivity contribution >= 4 is 119 Å². The Bertz CT molecular complexity index is 3740. The van der Waals surface area contributed by atoms with E-state index in [0.717, 1.165) is 39.1 Å². The molecule has 0 radical (unpaired) electrons. The van der Waals surface area contributed by atoms with Crippen LogP contribution in [-0.4, -0.2) is 115 Å². The number of nitrogens with zero attached hydrogens (tertiary/aromatic N) is 6. The Kier molecular flexibility index (Phi) is 18.3. The van der Waals surface area contributed by atoms with Gasteiger partial charge < -0.3 is 35.6 Å². The van der Waals surface area contributed by atoms with Crippen LogP contribution in [0.2, 0.25) is 0 Å². The first-order valence-corrected chi connectivity index (χ1v) is 24.9. The molecule has 80 heavy (non-hydrogen) atoms. The van der Waals surface area contributed by atoms with Gasteiger partial charge in [0.25, 0.3) is 23.6 Å². The number of amides is 4. The Morgan fingerprint density at radius 2 is 1.00 bits per heavy atom. The van der Waals surface area contributed by atoms with E-state index < -0.39 is 12.7 Å². The lowest BCUT2D eigenvalue weighted by Gasteiger charge is -2.29. The van der Waals surface area contributed by atoms with Gasteiger partial charge in [-0.3, -0.25) is 29.0 Å². The Morgan fingerprint density at radius 1 is 0.600 bits per heavy atom. The van der Waals surface area contributed by atoms with E-state index in [9.17, 15) is 45.5 Å². The predicted molar refractivity (Wildman–Crippen MR) is 302 cm³/mol. The summed E-state index contributed by atoms with van der Waals surface area (Å²) in [4.78, 5) is 59.7. The van der Waals surface area contributed by atoms with Crippen LogP contribution in [0.3, 0.4) is 0 Å². The Balaban J connectivity index is 0.000000191. The molecular formula is C57H49F6N9O6S2. The molecule has 8 aromatic carbocycles. The molecule has 0 bridgehead atoms. The zero-order chi connectivity index (χ0) is 58.2. The first-order chi connectivity index (χ1) is 37.9. The van der Waals surface area contributed by atoms with Crippen LogP contribution >= 0.6 is 12.2 Å². The molecule has 0 saturated carbocycles. The van der Waals surface area contributed by atoms with Crippen LogP contribution in [-0.2, 0) is 12.4 Å². The van der Waals surface area contributed by atoms with Crippen LogP contribution in [0, 0.1) is 11.3 Å². The number of benzene rings is 8. The molecule has 2 aliphatic heterocycles. The van der Waals surface area contributed by atoms with E-state index in [1.807, 2.05) is 92.6 Å². The molecule has 0 atom stereocenters. The van der Waals surface area contributed by atoms with Crippen LogP contribution in [0.1, 0.15) is 48.4 Å². The average molecular weight is 1130 g/mol. The summed E-state index contributed by atoms with van der Waals surface area (Å²) < 4.78 is 83.2. The van der Waals surface area contributed by atoms with Gasteiger partial charge in [-0.15, -0.1) is 26.3 Å². The Hall–Kier alpha value is -8.82. The minimum absolute atomic E-state index is 0.163. The van der Waals surface area contributed by atoms with Crippen molar-refractivity contribution in [3.05, 3.63) is 156 Å². The molecule has 0 unspecified atom stereocenters. The van der Waals surface area contributed by atoms with E-state index in [1.54, 1.807) is 36.4 Å². The van der Waals surface area contributed by atoms with Gasteiger partial charge in [-0.05, 0) is 147 Å². The van der Waals surface area contributed by atoms with Gasteiger partial charge in [0, 0.05) is 95.3 Å². The molecule has 0 saturated heterocycles. The summed E-state index contributed by atoms with van der Waals surface area (Å²) in [5.74, 6) is -1.85. The van der Waals surface area contributed by atoms with Crippen LogP contribution in [0.4, 0.5) is 49.1 Å². The summed E-state index contributed by atoms with van der Waals surface area (Å²) >= 11 is 9.80. The number of nitrogens with two attached hydrogens (primary N) is 1. The maximum atomic E-state index is 13.8. The summed E-state index contributed by atoms with van der Waals surface area (Å²) in [6.07, 6.45) is -9.44. The normalized spacial score (nSPS) is 12.8. The third kappa shape index (κ3) is 13.7. The van der Waals surface area contributed by atoms with Gasteiger partial charge in [0.05, 0.1) is 22.9 Å². The lowest BCUT2D eigenvalue weighted by molar-refractivity contribution is -0.275. The largest absolute Gasteiger partial charge is 0.573 e. The second-order valence-corrected chi connectivity index (χ2v) is 18.9. The maximum absolute atomic E-state index is 13.8. The predicted octanol–water partition coefficient (Wildman–Crippen LogP) is 12.1. The third-order valence-corrected chi connectivity index (χ3v) is 12.6. The summed E-state index contributed by atoms with van der Waals surface area (Å²) in [6.45, 7) is 3.15. The van der Waals surface area contributed by atoms with Gasteiger partial charge in [0.2, 0.25) is 0 Å². The number of thiocarbonyl (C=S) groups is 1. The van der Waals surface area contributed by atoms with E-state index in [2.05, 4.69) is 36.9 Å². The first kappa shape index (κ1) is 58.9. The molecule has 0 fully saturated rings. The van der Waals surface area contributed by atoms with Gasteiger partial charge in [-0.2, -0.15) is 9.62 Å². The Labute approximate surface area is 465 Å². The molecule has 0 aromatic heterocycles. The van der Waals surface area contributed by atoms with Crippen LogP contribution < -0.4 is 25.8 Å². The highest BCUT2D eigenvalue weighted by molar-refractivity contribution is 7.80. The lowest BCUT2D eigenvalue weighted by atomic mass is 9.89.